The van der Waals surface area contributed by atoms with Gasteiger partial charge in [-0.2, -0.15) is 0 Å². The summed E-state index contributed by atoms with van der Waals surface area (Å²) in [4.78, 5) is 9.99. The van der Waals surface area contributed by atoms with Crippen LogP contribution in [0, 0.1) is 0 Å². The van der Waals surface area contributed by atoms with E-state index in [4.69, 9.17) is 5.11 Å². The minimum Gasteiger partial charge on any atom is -1.00 e. The molecule has 0 heterocycles. The molecule has 0 atom stereocenters. The van der Waals surface area contributed by atoms with E-state index in [0.29, 0.717) is 12.0 Å². The zero-order valence-corrected chi connectivity index (χ0v) is 7.98. The molecule has 0 aliphatic carbocycles. The first kappa shape index (κ1) is 11.9. The predicted octanol–water partition coefficient (Wildman–Crippen LogP) is -1.46. The van der Waals surface area contributed by atoms with Crippen molar-refractivity contribution in [2.45, 2.75) is 19.8 Å². The molecule has 0 radical (unpaired) electrons. The Balaban J connectivity index is -0.000000245. The van der Waals surface area contributed by atoms with Gasteiger partial charge in [0.15, 0.2) is 0 Å². The van der Waals surface area contributed by atoms with Crippen molar-refractivity contribution in [3.05, 3.63) is 12.2 Å². The van der Waals surface area contributed by atoms with Gasteiger partial charge in [0, 0.05) is 5.57 Å². The van der Waals surface area contributed by atoms with E-state index in [1.807, 2.05) is 6.92 Å². The van der Waals surface area contributed by atoms with E-state index in [1.165, 1.54) is 0 Å². The Bertz CT molecular complexity index is 114. The molecule has 0 aromatic heterocycles. The summed E-state index contributed by atoms with van der Waals surface area (Å²) in [5.41, 5.74) is 0.299. The number of rotatable bonds is 3. The predicted molar refractivity (Wildman–Crippen MR) is 32.8 cm³/mol. The molecule has 9 heavy (non-hydrogen) atoms. The molecule has 0 amide bonds. The van der Waals surface area contributed by atoms with Crippen LogP contribution in [0.3, 0.4) is 0 Å². The second kappa shape index (κ2) is 6.33. The molecule has 0 rings (SSSR count). The number of carbonyl (C=O) groups is 1. The molecule has 1 N–H and O–H groups in total. The summed E-state index contributed by atoms with van der Waals surface area (Å²) in [7, 11) is 0. The number of hydrogen-bond donors (Lipinski definition) is 1. The third-order valence-corrected chi connectivity index (χ3v) is 0.854. The van der Waals surface area contributed by atoms with Crippen LogP contribution in [0.25, 0.3) is 0 Å². The fourth-order valence-electron chi connectivity index (χ4n) is 0.409. The van der Waals surface area contributed by atoms with Gasteiger partial charge in [-0.25, -0.2) is 4.79 Å². The van der Waals surface area contributed by atoms with Gasteiger partial charge < -0.3 is 6.53 Å². The Kier molecular flexibility index (Phi) is 8.40. The second-order valence-corrected chi connectivity index (χ2v) is 1.66. The van der Waals surface area contributed by atoms with Gasteiger partial charge in [0.2, 0.25) is 0 Å². The van der Waals surface area contributed by atoms with Crippen LogP contribution >= 0.6 is 0 Å². The molecular formula is C6H11NaO2. The number of carboxylic acid groups (broad SMARTS) is 1. The van der Waals surface area contributed by atoms with Crippen molar-refractivity contribution in [3.8, 4) is 0 Å². The van der Waals surface area contributed by atoms with E-state index in [2.05, 4.69) is 6.58 Å². The second-order valence-electron chi connectivity index (χ2n) is 1.66. The van der Waals surface area contributed by atoms with Crippen LogP contribution < -0.4 is 29.6 Å². The fourth-order valence-corrected chi connectivity index (χ4v) is 0.409. The van der Waals surface area contributed by atoms with Crippen molar-refractivity contribution in [1.29, 1.82) is 0 Å². The molecule has 2 nitrogen and oxygen atoms in total. The van der Waals surface area contributed by atoms with Gasteiger partial charge in [-0.3, -0.25) is 0 Å². The number of aliphatic carboxylic acids is 1. The Morgan fingerprint density at radius 2 is 2.22 bits per heavy atom. The van der Waals surface area contributed by atoms with Gasteiger partial charge in [-0.15, -0.1) is 0 Å². The maximum atomic E-state index is 9.99. The minimum atomic E-state index is -0.883. The standard InChI is InChI=1S/C6H10O2.Na.H/c1-3-4-5(2)6(7)8;;/h2-4H2,1H3,(H,7,8);;/q;+1;-1. The number of carboxylic acids is 1. The van der Waals surface area contributed by atoms with Gasteiger partial charge in [-0.05, 0) is 6.42 Å². The van der Waals surface area contributed by atoms with Crippen molar-refractivity contribution in [2.75, 3.05) is 0 Å². The Morgan fingerprint density at radius 1 is 1.78 bits per heavy atom. The van der Waals surface area contributed by atoms with E-state index in [-0.39, 0.29) is 31.0 Å². The molecule has 0 saturated carbocycles. The van der Waals surface area contributed by atoms with Crippen LogP contribution in [0.5, 0.6) is 0 Å². The maximum absolute atomic E-state index is 9.99. The number of hydrogen-bond acceptors (Lipinski definition) is 1. The summed E-state index contributed by atoms with van der Waals surface area (Å²) in [5.74, 6) is -0.883. The first-order valence-corrected chi connectivity index (χ1v) is 2.59. The van der Waals surface area contributed by atoms with Crippen molar-refractivity contribution in [1.82, 2.24) is 0 Å². The molecule has 0 unspecified atom stereocenters. The van der Waals surface area contributed by atoms with Gasteiger partial charge in [0.25, 0.3) is 0 Å². The summed E-state index contributed by atoms with van der Waals surface area (Å²) < 4.78 is 0. The van der Waals surface area contributed by atoms with Crippen molar-refractivity contribution in [3.63, 3.8) is 0 Å². The minimum absolute atomic E-state index is 0. The van der Waals surface area contributed by atoms with Crippen LogP contribution in [0.4, 0.5) is 0 Å². The van der Waals surface area contributed by atoms with Gasteiger partial charge in [0.05, 0.1) is 0 Å². The van der Waals surface area contributed by atoms with E-state index in [1.54, 1.807) is 0 Å². The van der Waals surface area contributed by atoms with E-state index in [9.17, 15) is 4.79 Å². The fraction of sp³-hybridized carbons (Fsp3) is 0.500. The molecule has 3 heteroatoms. The van der Waals surface area contributed by atoms with Crippen LogP contribution in [0.15, 0.2) is 12.2 Å². The molecule has 0 bridgehead atoms. The zero-order chi connectivity index (χ0) is 6.57. The zero-order valence-electron chi connectivity index (χ0n) is 6.98. The maximum Gasteiger partial charge on any atom is 1.00 e. The summed E-state index contributed by atoms with van der Waals surface area (Å²) in [6.07, 6.45) is 1.44. The van der Waals surface area contributed by atoms with Crippen LogP contribution in [-0.4, -0.2) is 11.1 Å². The molecule has 0 aromatic rings. The summed E-state index contributed by atoms with van der Waals surface area (Å²) in [6.45, 7) is 5.27. The Hall–Kier alpha value is 0.210. The van der Waals surface area contributed by atoms with Gasteiger partial charge in [-0.1, -0.05) is 19.9 Å². The van der Waals surface area contributed by atoms with E-state index >= 15 is 0 Å². The quantitative estimate of drug-likeness (QED) is 0.382. The van der Waals surface area contributed by atoms with E-state index in [0.717, 1.165) is 6.42 Å². The Labute approximate surface area is 78.7 Å². The molecule has 48 valence electrons. The van der Waals surface area contributed by atoms with Crippen molar-refractivity contribution < 1.29 is 40.9 Å². The van der Waals surface area contributed by atoms with E-state index < -0.39 is 5.97 Å². The van der Waals surface area contributed by atoms with Crippen molar-refractivity contribution >= 4 is 5.97 Å². The molecule has 0 saturated heterocycles. The molecule has 0 aromatic carbocycles. The summed E-state index contributed by atoms with van der Waals surface area (Å²) >= 11 is 0. The first-order valence-electron chi connectivity index (χ1n) is 2.59. The summed E-state index contributed by atoms with van der Waals surface area (Å²) in [6, 6.07) is 0. The van der Waals surface area contributed by atoms with Crippen LogP contribution in [0.1, 0.15) is 21.2 Å². The average Bonchev–Trinajstić information content (AvgIpc) is 1.67. The van der Waals surface area contributed by atoms with Gasteiger partial charge >= 0.3 is 35.5 Å². The third kappa shape index (κ3) is 6.09. The van der Waals surface area contributed by atoms with Gasteiger partial charge in [0.1, 0.15) is 0 Å². The van der Waals surface area contributed by atoms with Crippen molar-refractivity contribution in [2.24, 2.45) is 0 Å². The van der Waals surface area contributed by atoms with Crippen LogP contribution in [0.2, 0.25) is 0 Å². The smallest absolute Gasteiger partial charge is 1.00 e. The monoisotopic (exact) mass is 138 g/mol. The molecule has 0 fully saturated rings. The largest absolute Gasteiger partial charge is 1.00 e. The molecular weight excluding hydrogens is 127 g/mol. The topological polar surface area (TPSA) is 37.3 Å². The molecule has 0 aliphatic rings. The summed E-state index contributed by atoms with van der Waals surface area (Å²) in [5, 5.41) is 8.21. The average molecular weight is 138 g/mol. The normalized spacial score (nSPS) is 7.67. The van der Waals surface area contributed by atoms with Crippen LogP contribution in [-0.2, 0) is 4.79 Å². The SMILES string of the molecule is C=C(CCC)C(=O)O.[H-].[Na+]. The Morgan fingerprint density at radius 3 is 2.33 bits per heavy atom. The first-order chi connectivity index (χ1) is 3.68. The third-order valence-electron chi connectivity index (χ3n) is 0.854. The molecule has 0 aliphatic heterocycles. The molecule has 0 spiro atoms.